The molecular weight excluding hydrogens is 176 g/mol. The third-order valence-electron chi connectivity index (χ3n) is 2.34. The molecular formula is C11H18N2O. The first-order valence-corrected chi connectivity index (χ1v) is 4.91. The zero-order valence-corrected chi connectivity index (χ0v) is 9.08. The predicted molar refractivity (Wildman–Crippen MR) is 61.0 cm³/mol. The van der Waals surface area contributed by atoms with Crippen LogP contribution in [0.5, 0.6) is 5.75 Å². The number of nitrogens with zero attached hydrogens (tertiary/aromatic N) is 1. The van der Waals surface area contributed by atoms with E-state index in [1.807, 2.05) is 18.2 Å². The Kier molecular flexibility index (Phi) is 3.63. The molecule has 0 spiro atoms. The standard InChI is InChI=1S/C11H18N2O/c1-4-13(5-2)9-6-7-11(14-3)10(12)8-9/h6-8H,4-5,12H2,1-3H3. The van der Waals surface area contributed by atoms with Gasteiger partial charge in [0.2, 0.25) is 0 Å². The molecule has 0 aliphatic carbocycles. The van der Waals surface area contributed by atoms with Gasteiger partial charge in [0.15, 0.2) is 0 Å². The molecule has 1 rings (SSSR count). The van der Waals surface area contributed by atoms with Gasteiger partial charge in [0, 0.05) is 18.8 Å². The number of methoxy groups -OCH3 is 1. The van der Waals surface area contributed by atoms with Crippen LogP contribution >= 0.6 is 0 Å². The van der Waals surface area contributed by atoms with Crippen molar-refractivity contribution in [3.8, 4) is 5.75 Å². The van der Waals surface area contributed by atoms with Gasteiger partial charge in [0.05, 0.1) is 12.8 Å². The highest BCUT2D eigenvalue weighted by Crippen LogP contribution is 2.26. The van der Waals surface area contributed by atoms with Crippen molar-refractivity contribution in [3.05, 3.63) is 18.2 Å². The Morgan fingerprint density at radius 1 is 1.29 bits per heavy atom. The molecule has 14 heavy (non-hydrogen) atoms. The molecule has 3 heteroatoms. The molecule has 3 nitrogen and oxygen atoms in total. The number of nitrogens with two attached hydrogens (primary N) is 1. The van der Waals surface area contributed by atoms with Gasteiger partial charge in [-0.25, -0.2) is 0 Å². The number of hydrogen-bond acceptors (Lipinski definition) is 3. The SMILES string of the molecule is CCN(CC)c1ccc(OC)c(N)c1. The molecule has 0 aliphatic heterocycles. The second-order valence-corrected chi connectivity index (χ2v) is 3.10. The van der Waals surface area contributed by atoms with Gasteiger partial charge in [-0.3, -0.25) is 0 Å². The van der Waals surface area contributed by atoms with E-state index in [0.29, 0.717) is 5.69 Å². The minimum absolute atomic E-state index is 0.692. The van der Waals surface area contributed by atoms with E-state index in [1.54, 1.807) is 7.11 Å². The lowest BCUT2D eigenvalue weighted by atomic mass is 10.2. The van der Waals surface area contributed by atoms with Crippen molar-refractivity contribution in [2.45, 2.75) is 13.8 Å². The highest BCUT2D eigenvalue weighted by Gasteiger charge is 2.04. The highest BCUT2D eigenvalue weighted by atomic mass is 16.5. The fourth-order valence-electron chi connectivity index (χ4n) is 1.51. The number of ether oxygens (including phenoxy) is 1. The summed E-state index contributed by atoms with van der Waals surface area (Å²) in [4.78, 5) is 2.25. The summed E-state index contributed by atoms with van der Waals surface area (Å²) in [5, 5.41) is 0. The van der Waals surface area contributed by atoms with Crippen LogP contribution in [-0.2, 0) is 0 Å². The van der Waals surface area contributed by atoms with Crippen LogP contribution in [0.2, 0.25) is 0 Å². The second-order valence-electron chi connectivity index (χ2n) is 3.10. The molecule has 1 aromatic carbocycles. The van der Waals surface area contributed by atoms with Crippen LogP contribution in [0.15, 0.2) is 18.2 Å². The fraction of sp³-hybridized carbons (Fsp3) is 0.455. The van der Waals surface area contributed by atoms with Crippen molar-refractivity contribution < 1.29 is 4.74 Å². The largest absolute Gasteiger partial charge is 0.495 e. The van der Waals surface area contributed by atoms with E-state index >= 15 is 0 Å². The van der Waals surface area contributed by atoms with Crippen molar-refractivity contribution in [2.24, 2.45) is 0 Å². The molecule has 2 N–H and O–H groups in total. The average Bonchev–Trinajstić information content (AvgIpc) is 2.20. The number of anilines is 2. The molecule has 0 aromatic heterocycles. The van der Waals surface area contributed by atoms with Crippen LogP contribution in [0.3, 0.4) is 0 Å². The Balaban J connectivity index is 2.95. The van der Waals surface area contributed by atoms with Gasteiger partial charge < -0.3 is 15.4 Å². The van der Waals surface area contributed by atoms with Crippen LogP contribution in [0.1, 0.15) is 13.8 Å². The van der Waals surface area contributed by atoms with Gasteiger partial charge >= 0.3 is 0 Å². The summed E-state index contributed by atoms with van der Waals surface area (Å²) < 4.78 is 5.10. The van der Waals surface area contributed by atoms with Gasteiger partial charge in [0.1, 0.15) is 5.75 Å². The molecule has 0 unspecified atom stereocenters. The maximum absolute atomic E-state index is 5.83. The summed E-state index contributed by atoms with van der Waals surface area (Å²) in [6, 6.07) is 5.89. The van der Waals surface area contributed by atoms with E-state index in [9.17, 15) is 0 Å². The van der Waals surface area contributed by atoms with Gasteiger partial charge in [-0.2, -0.15) is 0 Å². The summed E-state index contributed by atoms with van der Waals surface area (Å²) in [5.41, 5.74) is 7.67. The first kappa shape index (κ1) is 10.7. The Hall–Kier alpha value is -1.38. The second kappa shape index (κ2) is 4.74. The van der Waals surface area contributed by atoms with Crippen LogP contribution in [0.25, 0.3) is 0 Å². The number of benzene rings is 1. The Morgan fingerprint density at radius 3 is 2.36 bits per heavy atom. The quantitative estimate of drug-likeness (QED) is 0.746. The summed E-state index contributed by atoms with van der Waals surface area (Å²) in [5.74, 6) is 0.737. The van der Waals surface area contributed by atoms with Crippen LogP contribution in [0, 0.1) is 0 Å². The lowest BCUT2D eigenvalue weighted by molar-refractivity contribution is 0.417. The molecule has 0 saturated carbocycles. The molecule has 0 radical (unpaired) electrons. The summed E-state index contributed by atoms with van der Waals surface area (Å²) in [6.45, 7) is 6.23. The molecule has 0 fully saturated rings. The van der Waals surface area contributed by atoms with Gasteiger partial charge in [0.25, 0.3) is 0 Å². The van der Waals surface area contributed by atoms with Gasteiger partial charge in [-0.05, 0) is 32.0 Å². The van der Waals surface area contributed by atoms with Crippen molar-refractivity contribution in [3.63, 3.8) is 0 Å². The molecule has 0 heterocycles. The number of nitrogen functional groups attached to an aromatic ring is 1. The summed E-state index contributed by atoms with van der Waals surface area (Å²) >= 11 is 0. The lowest BCUT2D eigenvalue weighted by Gasteiger charge is -2.21. The Morgan fingerprint density at radius 2 is 1.93 bits per heavy atom. The third-order valence-corrected chi connectivity index (χ3v) is 2.34. The minimum atomic E-state index is 0.692. The summed E-state index contributed by atoms with van der Waals surface area (Å²) in [6.07, 6.45) is 0. The third kappa shape index (κ3) is 2.10. The molecule has 1 aromatic rings. The van der Waals surface area contributed by atoms with Gasteiger partial charge in [-0.1, -0.05) is 0 Å². The van der Waals surface area contributed by atoms with Crippen LogP contribution in [0.4, 0.5) is 11.4 Å². The van der Waals surface area contributed by atoms with Crippen molar-refractivity contribution in [1.82, 2.24) is 0 Å². The van der Waals surface area contributed by atoms with Crippen LogP contribution in [-0.4, -0.2) is 20.2 Å². The molecule has 0 amide bonds. The lowest BCUT2D eigenvalue weighted by Crippen LogP contribution is -2.21. The van der Waals surface area contributed by atoms with Crippen molar-refractivity contribution in [1.29, 1.82) is 0 Å². The van der Waals surface area contributed by atoms with Crippen LogP contribution < -0.4 is 15.4 Å². The molecule has 0 bridgehead atoms. The summed E-state index contributed by atoms with van der Waals surface area (Å²) in [7, 11) is 1.63. The molecule has 78 valence electrons. The average molecular weight is 194 g/mol. The first-order chi connectivity index (χ1) is 6.72. The maximum atomic E-state index is 5.83. The van der Waals surface area contributed by atoms with E-state index < -0.39 is 0 Å². The predicted octanol–water partition coefficient (Wildman–Crippen LogP) is 2.12. The van der Waals surface area contributed by atoms with E-state index in [2.05, 4.69) is 18.7 Å². The molecule has 0 saturated heterocycles. The first-order valence-electron chi connectivity index (χ1n) is 4.91. The van der Waals surface area contributed by atoms with E-state index in [0.717, 1.165) is 24.5 Å². The monoisotopic (exact) mass is 194 g/mol. The highest BCUT2D eigenvalue weighted by molar-refractivity contribution is 5.63. The number of rotatable bonds is 4. The van der Waals surface area contributed by atoms with E-state index in [1.165, 1.54) is 0 Å². The fourth-order valence-corrected chi connectivity index (χ4v) is 1.51. The van der Waals surface area contributed by atoms with Gasteiger partial charge in [-0.15, -0.1) is 0 Å². The van der Waals surface area contributed by atoms with Crippen molar-refractivity contribution in [2.75, 3.05) is 30.8 Å². The zero-order valence-electron chi connectivity index (χ0n) is 9.08. The Labute approximate surface area is 85.5 Å². The van der Waals surface area contributed by atoms with E-state index in [-0.39, 0.29) is 0 Å². The normalized spacial score (nSPS) is 9.93. The minimum Gasteiger partial charge on any atom is -0.495 e. The Bertz CT molecular complexity index is 295. The molecule has 0 aliphatic rings. The zero-order chi connectivity index (χ0) is 10.6. The maximum Gasteiger partial charge on any atom is 0.141 e. The van der Waals surface area contributed by atoms with E-state index in [4.69, 9.17) is 10.5 Å². The smallest absolute Gasteiger partial charge is 0.141 e. The van der Waals surface area contributed by atoms with Crippen molar-refractivity contribution >= 4 is 11.4 Å². The topological polar surface area (TPSA) is 38.5 Å². The molecule has 0 atom stereocenters. The number of hydrogen-bond donors (Lipinski definition) is 1.